The third-order valence-corrected chi connectivity index (χ3v) is 6.77. The number of amides is 1. The third kappa shape index (κ3) is 4.18. The fraction of sp³-hybridized carbons (Fsp3) is 0.444. The summed E-state index contributed by atoms with van der Waals surface area (Å²) in [6.07, 6.45) is 3.86. The Balaban J connectivity index is 1.76. The number of pyridine rings is 1. The highest BCUT2D eigenvalue weighted by atomic mass is 32.2. The lowest BCUT2D eigenvalue weighted by Crippen LogP contribution is -2.33. The summed E-state index contributed by atoms with van der Waals surface area (Å²) >= 11 is 0. The van der Waals surface area contributed by atoms with E-state index in [-0.39, 0.29) is 24.7 Å². The number of aromatic nitrogens is 3. The molecule has 0 radical (unpaired) electrons. The number of aliphatic hydroxyl groups excluding tert-OH is 1. The van der Waals surface area contributed by atoms with Crippen LogP contribution in [0.5, 0.6) is 0 Å². The lowest BCUT2D eigenvalue weighted by Gasteiger charge is -2.18. The van der Waals surface area contributed by atoms with Gasteiger partial charge in [-0.1, -0.05) is 0 Å². The number of sulfonamides is 1. The molecule has 2 aromatic heterocycles. The molecule has 28 heavy (non-hydrogen) atoms. The van der Waals surface area contributed by atoms with Gasteiger partial charge in [-0.25, -0.2) is 22.7 Å². The Kier molecular flexibility index (Phi) is 5.73. The standard InChI is InChI=1S/C18H23N5O4S/c1-12-15(8-20-17(21-12)13-5-4-6-19-7-13)18(25)23-9-14(16(24)10-23)11-28(26,27)22(2)3/h4-8,14,16,24H,9-11H2,1-3H3/t14-,16-/m0/s1. The van der Waals surface area contributed by atoms with Crippen LogP contribution in [0.2, 0.25) is 0 Å². The maximum Gasteiger partial charge on any atom is 0.257 e. The van der Waals surface area contributed by atoms with Crippen LogP contribution in [0.4, 0.5) is 0 Å². The van der Waals surface area contributed by atoms with E-state index in [2.05, 4.69) is 15.0 Å². The molecular weight excluding hydrogens is 382 g/mol. The molecule has 1 fully saturated rings. The van der Waals surface area contributed by atoms with E-state index >= 15 is 0 Å². The average Bonchev–Trinajstić information content (AvgIpc) is 3.01. The zero-order valence-corrected chi connectivity index (χ0v) is 16.8. The number of rotatable bonds is 5. The molecule has 1 N–H and O–H groups in total. The second kappa shape index (κ2) is 7.90. The summed E-state index contributed by atoms with van der Waals surface area (Å²) in [5.41, 5.74) is 1.59. The van der Waals surface area contributed by atoms with Gasteiger partial charge in [-0.05, 0) is 19.1 Å². The first kappa shape index (κ1) is 20.3. The Morgan fingerprint density at radius 2 is 2.07 bits per heavy atom. The summed E-state index contributed by atoms with van der Waals surface area (Å²) in [5, 5.41) is 10.2. The lowest BCUT2D eigenvalue weighted by atomic mass is 10.1. The van der Waals surface area contributed by atoms with Crippen LogP contribution in [0, 0.1) is 12.8 Å². The van der Waals surface area contributed by atoms with E-state index in [1.807, 2.05) is 6.07 Å². The van der Waals surface area contributed by atoms with E-state index in [4.69, 9.17) is 0 Å². The van der Waals surface area contributed by atoms with Crippen molar-refractivity contribution >= 4 is 15.9 Å². The minimum absolute atomic E-state index is 0.0796. The summed E-state index contributed by atoms with van der Waals surface area (Å²) in [6.45, 7) is 1.96. The average molecular weight is 405 g/mol. The zero-order chi connectivity index (χ0) is 20.5. The van der Waals surface area contributed by atoms with Crippen LogP contribution in [0.1, 0.15) is 16.1 Å². The van der Waals surface area contributed by atoms with Crippen molar-refractivity contribution in [3.8, 4) is 11.4 Å². The summed E-state index contributed by atoms with van der Waals surface area (Å²) in [4.78, 5) is 27.0. The number of aliphatic hydroxyl groups is 1. The summed E-state index contributed by atoms with van der Waals surface area (Å²) < 4.78 is 25.3. The van der Waals surface area contributed by atoms with Crippen LogP contribution >= 0.6 is 0 Å². The number of hydrogen-bond donors (Lipinski definition) is 1. The molecule has 2 aromatic rings. The van der Waals surface area contributed by atoms with Crippen LogP contribution < -0.4 is 0 Å². The maximum atomic E-state index is 12.9. The lowest BCUT2D eigenvalue weighted by molar-refractivity contribution is 0.0763. The van der Waals surface area contributed by atoms with E-state index in [9.17, 15) is 18.3 Å². The van der Waals surface area contributed by atoms with Crippen molar-refractivity contribution in [2.75, 3.05) is 32.9 Å². The second-order valence-electron chi connectivity index (χ2n) is 7.03. The predicted molar refractivity (Wildman–Crippen MR) is 103 cm³/mol. The summed E-state index contributed by atoms with van der Waals surface area (Å²) in [5.74, 6) is -0.592. The van der Waals surface area contributed by atoms with Crippen molar-refractivity contribution in [1.29, 1.82) is 0 Å². The number of β-amino-alcohol motifs (C(OH)–C–C–N with tert-alkyl or cyclic N) is 1. The van der Waals surface area contributed by atoms with Crippen molar-refractivity contribution in [2.45, 2.75) is 13.0 Å². The highest BCUT2D eigenvalue weighted by molar-refractivity contribution is 7.89. The van der Waals surface area contributed by atoms with E-state index in [1.54, 1.807) is 25.4 Å². The first-order valence-electron chi connectivity index (χ1n) is 8.80. The van der Waals surface area contributed by atoms with Gasteiger partial charge in [-0.2, -0.15) is 0 Å². The molecule has 0 unspecified atom stereocenters. The smallest absolute Gasteiger partial charge is 0.257 e. The Morgan fingerprint density at radius 3 is 2.68 bits per heavy atom. The van der Waals surface area contributed by atoms with Crippen LogP contribution in [0.15, 0.2) is 30.7 Å². The Morgan fingerprint density at radius 1 is 1.32 bits per heavy atom. The quantitative estimate of drug-likeness (QED) is 0.754. The van der Waals surface area contributed by atoms with Crippen molar-refractivity contribution < 1.29 is 18.3 Å². The molecule has 0 aliphatic carbocycles. The van der Waals surface area contributed by atoms with Crippen molar-refractivity contribution in [3.05, 3.63) is 42.0 Å². The highest BCUT2D eigenvalue weighted by Gasteiger charge is 2.38. The van der Waals surface area contributed by atoms with Gasteiger partial charge in [-0.3, -0.25) is 9.78 Å². The number of hydrogen-bond acceptors (Lipinski definition) is 7. The van der Waals surface area contributed by atoms with Gasteiger partial charge in [0.1, 0.15) is 0 Å². The molecule has 1 aliphatic rings. The molecule has 1 saturated heterocycles. The van der Waals surface area contributed by atoms with Crippen LogP contribution in [-0.2, 0) is 10.0 Å². The molecule has 1 aliphatic heterocycles. The first-order chi connectivity index (χ1) is 13.2. The van der Waals surface area contributed by atoms with Gasteiger partial charge in [0.25, 0.3) is 5.91 Å². The minimum atomic E-state index is -3.47. The minimum Gasteiger partial charge on any atom is -0.391 e. The molecule has 0 bridgehead atoms. The fourth-order valence-corrected chi connectivity index (χ4v) is 4.25. The fourth-order valence-electron chi connectivity index (χ4n) is 3.08. The topological polar surface area (TPSA) is 117 Å². The molecule has 150 valence electrons. The largest absolute Gasteiger partial charge is 0.391 e. The normalized spacial score (nSPS) is 20.0. The van der Waals surface area contributed by atoms with Gasteiger partial charge >= 0.3 is 0 Å². The van der Waals surface area contributed by atoms with E-state index < -0.39 is 22.0 Å². The van der Waals surface area contributed by atoms with Crippen molar-refractivity contribution in [3.63, 3.8) is 0 Å². The van der Waals surface area contributed by atoms with Crippen molar-refractivity contribution in [2.24, 2.45) is 5.92 Å². The summed E-state index contributed by atoms with van der Waals surface area (Å²) in [6, 6.07) is 3.61. The number of carbonyl (C=O) groups is 1. The first-order valence-corrected chi connectivity index (χ1v) is 10.4. The molecule has 0 aromatic carbocycles. The van der Waals surface area contributed by atoms with Gasteiger partial charge in [0.2, 0.25) is 10.0 Å². The molecule has 3 rings (SSSR count). The second-order valence-corrected chi connectivity index (χ2v) is 9.26. The monoisotopic (exact) mass is 405 g/mol. The van der Waals surface area contributed by atoms with Gasteiger partial charge in [-0.15, -0.1) is 0 Å². The van der Waals surface area contributed by atoms with Gasteiger partial charge in [0, 0.05) is 57.3 Å². The number of aryl methyl sites for hydroxylation is 1. The van der Waals surface area contributed by atoms with E-state index in [1.165, 1.54) is 25.2 Å². The number of nitrogens with zero attached hydrogens (tertiary/aromatic N) is 5. The van der Waals surface area contributed by atoms with Crippen molar-refractivity contribution in [1.82, 2.24) is 24.2 Å². The highest BCUT2D eigenvalue weighted by Crippen LogP contribution is 2.23. The van der Waals surface area contributed by atoms with Gasteiger partial charge in [0.15, 0.2) is 5.82 Å². The summed E-state index contributed by atoms with van der Waals surface area (Å²) in [7, 11) is -0.571. The van der Waals surface area contributed by atoms with Crippen LogP contribution in [0.3, 0.4) is 0 Å². The maximum absolute atomic E-state index is 12.9. The number of likely N-dealkylation sites (tertiary alicyclic amines) is 1. The zero-order valence-electron chi connectivity index (χ0n) is 16.0. The third-order valence-electron chi connectivity index (χ3n) is 4.80. The number of carbonyl (C=O) groups excluding carboxylic acids is 1. The SMILES string of the molecule is Cc1nc(-c2cccnc2)ncc1C(=O)N1C[C@@H](CS(=O)(=O)N(C)C)[C@@H](O)C1. The Hall–Kier alpha value is -2.43. The van der Waals surface area contributed by atoms with E-state index in [0.717, 1.165) is 9.87 Å². The molecule has 1 amide bonds. The molecule has 0 saturated carbocycles. The van der Waals surface area contributed by atoms with Crippen LogP contribution in [-0.4, -0.2) is 82.6 Å². The molecule has 0 spiro atoms. The van der Waals surface area contributed by atoms with Gasteiger partial charge < -0.3 is 10.0 Å². The molecular formula is C18H23N5O4S. The van der Waals surface area contributed by atoms with Crippen LogP contribution in [0.25, 0.3) is 11.4 Å². The van der Waals surface area contributed by atoms with E-state index in [0.29, 0.717) is 17.1 Å². The van der Waals surface area contributed by atoms with Gasteiger partial charge in [0.05, 0.1) is 23.1 Å². The molecule has 9 nitrogen and oxygen atoms in total. The molecule has 10 heteroatoms. The molecule has 2 atom stereocenters. The Labute approximate surface area is 164 Å². The predicted octanol–water partition coefficient (Wildman–Crippen LogP) is 0.171. The Bertz CT molecular complexity index is 965. The molecule has 3 heterocycles.